The number of guanidine groups is 1. The molecule has 1 unspecified atom stereocenters. The van der Waals surface area contributed by atoms with E-state index in [0.717, 1.165) is 37.0 Å². The third-order valence-corrected chi connectivity index (χ3v) is 5.03. The maximum atomic E-state index is 4.45. The number of rotatable bonds is 6. The van der Waals surface area contributed by atoms with Crippen molar-refractivity contribution in [1.82, 2.24) is 30.3 Å². The molecule has 1 fully saturated rings. The topological polar surface area (TPSA) is 72.4 Å². The van der Waals surface area contributed by atoms with E-state index in [-0.39, 0.29) is 0 Å². The van der Waals surface area contributed by atoms with Crippen LogP contribution in [0.3, 0.4) is 0 Å². The number of aromatic nitrogens is 3. The molecule has 1 saturated heterocycles. The Hall–Kier alpha value is -2.41. The van der Waals surface area contributed by atoms with Gasteiger partial charge in [-0.05, 0) is 37.6 Å². The largest absolute Gasteiger partial charge is 0.352 e. The highest BCUT2D eigenvalue weighted by Gasteiger charge is 2.24. The lowest BCUT2D eigenvalue weighted by molar-refractivity contribution is 0.232. The van der Waals surface area contributed by atoms with Crippen molar-refractivity contribution in [3.05, 3.63) is 36.2 Å². The lowest BCUT2D eigenvalue weighted by atomic mass is 10.1. The number of nitrogens with one attached hydrogen (secondary N) is 2. The standard InChI is InChI=1S/C19H29N7/c1-4-26-10-6-9-17(26)13-25(3)19(20-2)21-12-15-7-5-8-16(11-15)18-22-14-23-24-18/h5,7-8,11,14,17H,4,6,9-10,12-13H2,1-3H3,(H,20,21)(H,22,23,24). The van der Waals surface area contributed by atoms with Crippen molar-refractivity contribution in [3.8, 4) is 11.4 Å². The lowest BCUT2D eigenvalue weighted by Gasteiger charge is -2.29. The van der Waals surface area contributed by atoms with Crippen molar-refractivity contribution in [2.45, 2.75) is 32.4 Å². The molecule has 0 aliphatic carbocycles. The van der Waals surface area contributed by atoms with Crippen LogP contribution in [0, 0.1) is 0 Å². The van der Waals surface area contributed by atoms with E-state index < -0.39 is 0 Å². The number of likely N-dealkylation sites (tertiary alicyclic amines) is 1. The fourth-order valence-corrected chi connectivity index (χ4v) is 3.66. The number of hydrogen-bond donors (Lipinski definition) is 2. The summed E-state index contributed by atoms with van der Waals surface area (Å²) >= 11 is 0. The molecule has 0 saturated carbocycles. The van der Waals surface area contributed by atoms with Gasteiger partial charge in [0.05, 0.1) is 0 Å². The average molecular weight is 355 g/mol. The lowest BCUT2D eigenvalue weighted by Crippen LogP contribution is -2.45. The highest BCUT2D eigenvalue weighted by Crippen LogP contribution is 2.18. The van der Waals surface area contributed by atoms with Crippen LogP contribution in [0.25, 0.3) is 11.4 Å². The first-order chi connectivity index (χ1) is 12.7. The van der Waals surface area contributed by atoms with Crippen LogP contribution in [-0.2, 0) is 6.54 Å². The normalized spacial score (nSPS) is 18.3. The third-order valence-electron chi connectivity index (χ3n) is 5.03. The number of likely N-dealkylation sites (N-methyl/N-ethyl adjacent to an activating group) is 2. The molecule has 7 nitrogen and oxygen atoms in total. The summed E-state index contributed by atoms with van der Waals surface area (Å²) in [5.41, 5.74) is 2.22. The van der Waals surface area contributed by atoms with Crippen molar-refractivity contribution in [2.24, 2.45) is 4.99 Å². The number of nitrogens with zero attached hydrogens (tertiary/aromatic N) is 5. The quantitative estimate of drug-likeness (QED) is 0.612. The first kappa shape index (κ1) is 18.4. The van der Waals surface area contributed by atoms with Crippen LogP contribution < -0.4 is 5.32 Å². The van der Waals surface area contributed by atoms with E-state index in [1.807, 2.05) is 19.2 Å². The molecule has 0 bridgehead atoms. The maximum absolute atomic E-state index is 4.45. The van der Waals surface area contributed by atoms with Gasteiger partial charge in [-0.25, -0.2) is 4.98 Å². The fourth-order valence-electron chi connectivity index (χ4n) is 3.66. The van der Waals surface area contributed by atoms with Crippen LogP contribution in [0.1, 0.15) is 25.3 Å². The van der Waals surface area contributed by atoms with E-state index >= 15 is 0 Å². The van der Waals surface area contributed by atoms with E-state index in [1.54, 1.807) is 0 Å². The number of aliphatic imine (C=N–C) groups is 1. The van der Waals surface area contributed by atoms with Gasteiger partial charge in [0.2, 0.25) is 0 Å². The molecule has 26 heavy (non-hydrogen) atoms. The van der Waals surface area contributed by atoms with Gasteiger partial charge in [-0.3, -0.25) is 15.0 Å². The van der Waals surface area contributed by atoms with Crippen molar-refractivity contribution >= 4 is 5.96 Å². The second kappa shape index (κ2) is 8.80. The van der Waals surface area contributed by atoms with Crippen LogP contribution in [-0.4, -0.2) is 70.7 Å². The van der Waals surface area contributed by atoms with Crippen molar-refractivity contribution in [3.63, 3.8) is 0 Å². The van der Waals surface area contributed by atoms with E-state index in [0.29, 0.717) is 6.04 Å². The summed E-state index contributed by atoms with van der Waals surface area (Å²) < 4.78 is 0. The van der Waals surface area contributed by atoms with Crippen LogP contribution in [0.15, 0.2) is 35.6 Å². The minimum absolute atomic E-state index is 0.623. The highest BCUT2D eigenvalue weighted by molar-refractivity contribution is 5.79. The Morgan fingerprint density at radius 1 is 1.46 bits per heavy atom. The van der Waals surface area contributed by atoms with Gasteiger partial charge in [-0.1, -0.05) is 25.1 Å². The minimum atomic E-state index is 0.623. The molecule has 0 radical (unpaired) electrons. The molecule has 1 aliphatic rings. The number of hydrogen-bond acceptors (Lipinski definition) is 4. The summed E-state index contributed by atoms with van der Waals surface area (Å²) in [6.45, 7) is 6.31. The molecule has 2 aromatic rings. The van der Waals surface area contributed by atoms with Crippen LogP contribution >= 0.6 is 0 Å². The molecule has 2 heterocycles. The first-order valence-corrected chi connectivity index (χ1v) is 9.31. The summed E-state index contributed by atoms with van der Waals surface area (Å²) in [7, 11) is 3.96. The molecular formula is C19H29N7. The van der Waals surface area contributed by atoms with E-state index in [2.05, 4.69) is 61.4 Å². The molecule has 7 heteroatoms. The Balaban J connectivity index is 1.58. The van der Waals surface area contributed by atoms with Gasteiger partial charge in [0.1, 0.15) is 6.33 Å². The predicted molar refractivity (Wildman–Crippen MR) is 105 cm³/mol. The molecule has 0 amide bonds. The summed E-state index contributed by atoms with van der Waals surface area (Å²) in [5.74, 6) is 1.72. The zero-order valence-electron chi connectivity index (χ0n) is 15.9. The molecule has 3 rings (SSSR count). The predicted octanol–water partition coefficient (Wildman–Crippen LogP) is 1.96. The minimum Gasteiger partial charge on any atom is -0.352 e. The Morgan fingerprint density at radius 2 is 2.35 bits per heavy atom. The van der Waals surface area contributed by atoms with Gasteiger partial charge < -0.3 is 10.2 Å². The van der Waals surface area contributed by atoms with Gasteiger partial charge in [0.15, 0.2) is 11.8 Å². The first-order valence-electron chi connectivity index (χ1n) is 9.31. The number of H-pyrrole nitrogens is 1. The maximum Gasteiger partial charge on any atom is 0.193 e. The SMILES string of the molecule is CCN1CCCC1CN(C)C(=NC)NCc1cccc(-c2ncn[nH]2)c1. The molecule has 1 atom stereocenters. The zero-order chi connectivity index (χ0) is 18.4. The molecule has 140 valence electrons. The smallest absolute Gasteiger partial charge is 0.193 e. The molecule has 1 aromatic heterocycles. The summed E-state index contributed by atoms with van der Waals surface area (Å²) in [6.07, 6.45) is 4.10. The summed E-state index contributed by atoms with van der Waals surface area (Å²) in [5, 5.41) is 10.3. The third kappa shape index (κ3) is 4.40. The molecule has 2 N–H and O–H groups in total. The fraction of sp³-hybridized carbons (Fsp3) is 0.526. The Bertz CT molecular complexity index is 710. The highest BCUT2D eigenvalue weighted by atomic mass is 15.3. The van der Waals surface area contributed by atoms with Gasteiger partial charge >= 0.3 is 0 Å². The monoisotopic (exact) mass is 355 g/mol. The second-order valence-corrected chi connectivity index (χ2v) is 6.74. The van der Waals surface area contributed by atoms with Crippen LogP contribution in [0.5, 0.6) is 0 Å². The average Bonchev–Trinajstić information content (AvgIpc) is 3.34. The van der Waals surface area contributed by atoms with Gasteiger partial charge in [-0.2, -0.15) is 5.10 Å². The van der Waals surface area contributed by atoms with Gasteiger partial charge in [0.25, 0.3) is 0 Å². The Labute approximate surface area is 155 Å². The van der Waals surface area contributed by atoms with Crippen molar-refractivity contribution in [2.75, 3.05) is 33.7 Å². The Kier molecular flexibility index (Phi) is 6.22. The molecule has 0 spiro atoms. The van der Waals surface area contributed by atoms with E-state index in [4.69, 9.17) is 0 Å². The van der Waals surface area contributed by atoms with Crippen LogP contribution in [0.2, 0.25) is 0 Å². The summed E-state index contributed by atoms with van der Waals surface area (Å²) in [4.78, 5) is 13.5. The molecule has 1 aromatic carbocycles. The van der Waals surface area contributed by atoms with Crippen LogP contribution in [0.4, 0.5) is 0 Å². The summed E-state index contributed by atoms with van der Waals surface area (Å²) in [6, 6.07) is 8.92. The second-order valence-electron chi connectivity index (χ2n) is 6.74. The molecule has 1 aliphatic heterocycles. The molecular weight excluding hydrogens is 326 g/mol. The van der Waals surface area contributed by atoms with E-state index in [9.17, 15) is 0 Å². The van der Waals surface area contributed by atoms with Gasteiger partial charge in [0, 0.05) is 38.8 Å². The van der Waals surface area contributed by atoms with Crippen molar-refractivity contribution in [1.29, 1.82) is 0 Å². The zero-order valence-corrected chi connectivity index (χ0v) is 15.9. The number of aromatic amines is 1. The van der Waals surface area contributed by atoms with Gasteiger partial charge in [-0.15, -0.1) is 0 Å². The number of benzene rings is 1. The van der Waals surface area contributed by atoms with E-state index in [1.165, 1.54) is 31.3 Å². The Morgan fingerprint density at radius 3 is 3.08 bits per heavy atom. The van der Waals surface area contributed by atoms with Crippen molar-refractivity contribution < 1.29 is 0 Å².